The number of nitrogens with one attached hydrogen (secondary N) is 1. The Morgan fingerprint density at radius 2 is 2.27 bits per heavy atom. The van der Waals surface area contributed by atoms with E-state index < -0.39 is 32.6 Å². The Morgan fingerprint density at radius 3 is 2.82 bits per heavy atom. The summed E-state index contributed by atoms with van der Waals surface area (Å²) in [6.45, 7) is 1.51. The van der Waals surface area contributed by atoms with Crippen LogP contribution in [0.3, 0.4) is 0 Å². The molecule has 1 aliphatic carbocycles. The van der Waals surface area contributed by atoms with E-state index in [-0.39, 0.29) is 16.7 Å². The molecule has 1 saturated heterocycles. The summed E-state index contributed by atoms with van der Waals surface area (Å²) in [7, 11) is -3.87. The lowest BCUT2D eigenvalue weighted by molar-refractivity contribution is -0.137. The SMILES string of the molecule is CC1=C(CCCl)[C@@H]2NC(=O)[C@]2([C@@H](O)[C@@H]2C=CCCC2)S1(=O)=O. The van der Waals surface area contributed by atoms with Crippen molar-refractivity contribution in [2.75, 3.05) is 5.88 Å². The van der Waals surface area contributed by atoms with Crippen LogP contribution in [0, 0.1) is 5.92 Å². The van der Waals surface area contributed by atoms with Gasteiger partial charge >= 0.3 is 0 Å². The molecule has 0 aromatic rings. The monoisotopic (exact) mass is 345 g/mol. The number of aliphatic hydroxyl groups excluding tert-OH is 1. The van der Waals surface area contributed by atoms with Gasteiger partial charge in [-0.25, -0.2) is 8.42 Å². The molecule has 2 aliphatic heterocycles. The van der Waals surface area contributed by atoms with E-state index in [9.17, 15) is 18.3 Å². The number of β-lactam (4-membered cyclic amide) rings is 1. The Bertz CT molecular complexity index is 669. The molecule has 0 bridgehead atoms. The summed E-state index contributed by atoms with van der Waals surface area (Å²) in [5.41, 5.74) is 0.633. The summed E-state index contributed by atoms with van der Waals surface area (Å²) in [5.74, 6) is -0.613. The summed E-state index contributed by atoms with van der Waals surface area (Å²) in [6.07, 6.45) is 5.47. The molecule has 1 amide bonds. The van der Waals surface area contributed by atoms with Crippen LogP contribution in [0.1, 0.15) is 32.6 Å². The zero-order chi connectivity index (χ0) is 16.1. The Morgan fingerprint density at radius 1 is 1.55 bits per heavy atom. The van der Waals surface area contributed by atoms with Gasteiger partial charge in [-0.1, -0.05) is 12.2 Å². The van der Waals surface area contributed by atoms with E-state index in [2.05, 4.69) is 5.32 Å². The molecule has 122 valence electrons. The molecule has 2 N–H and O–H groups in total. The summed E-state index contributed by atoms with van der Waals surface area (Å²) in [6, 6.07) is -0.644. The third-order valence-electron chi connectivity index (χ3n) is 5.21. The van der Waals surface area contributed by atoms with E-state index in [4.69, 9.17) is 11.6 Å². The third-order valence-corrected chi connectivity index (χ3v) is 8.02. The number of alkyl halides is 1. The zero-order valence-electron chi connectivity index (χ0n) is 12.4. The number of hydrogen-bond acceptors (Lipinski definition) is 4. The van der Waals surface area contributed by atoms with Crippen LogP contribution in [-0.4, -0.2) is 42.2 Å². The second-order valence-electron chi connectivity index (χ2n) is 6.19. The lowest BCUT2D eigenvalue weighted by Crippen LogP contribution is -2.79. The number of hydrogen-bond donors (Lipinski definition) is 2. The van der Waals surface area contributed by atoms with Gasteiger partial charge in [-0.3, -0.25) is 4.79 Å². The summed E-state index contributed by atoms with van der Waals surface area (Å²) in [4.78, 5) is 12.5. The van der Waals surface area contributed by atoms with Crippen molar-refractivity contribution in [3.05, 3.63) is 22.6 Å². The fraction of sp³-hybridized carbons (Fsp3) is 0.667. The van der Waals surface area contributed by atoms with Crippen LogP contribution >= 0.6 is 11.6 Å². The van der Waals surface area contributed by atoms with Crippen molar-refractivity contribution in [2.45, 2.75) is 49.5 Å². The smallest absolute Gasteiger partial charge is 0.247 e. The molecule has 22 heavy (non-hydrogen) atoms. The molecule has 0 saturated carbocycles. The molecule has 4 atom stereocenters. The largest absolute Gasteiger partial charge is 0.390 e. The van der Waals surface area contributed by atoms with Crippen LogP contribution in [0.4, 0.5) is 0 Å². The lowest BCUT2D eigenvalue weighted by atomic mass is 9.73. The number of rotatable bonds is 4. The highest BCUT2D eigenvalue weighted by Crippen LogP contribution is 2.51. The Labute approximate surface area is 135 Å². The van der Waals surface area contributed by atoms with Crippen LogP contribution in [0.15, 0.2) is 22.6 Å². The fourth-order valence-corrected chi connectivity index (χ4v) is 6.55. The van der Waals surface area contributed by atoms with Crippen molar-refractivity contribution < 1.29 is 18.3 Å². The maximum atomic E-state index is 12.9. The molecule has 3 aliphatic rings. The van der Waals surface area contributed by atoms with Gasteiger partial charge in [0.25, 0.3) is 0 Å². The van der Waals surface area contributed by atoms with E-state index in [1.54, 1.807) is 0 Å². The molecule has 5 nitrogen and oxygen atoms in total. The van der Waals surface area contributed by atoms with Crippen LogP contribution in [0.5, 0.6) is 0 Å². The Balaban J connectivity index is 2.06. The fourth-order valence-electron chi connectivity index (χ4n) is 3.96. The second kappa shape index (κ2) is 5.35. The minimum Gasteiger partial charge on any atom is -0.390 e. The third kappa shape index (κ3) is 1.80. The van der Waals surface area contributed by atoms with Gasteiger partial charge in [-0.2, -0.15) is 0 Å². The van der Waals surface area contributed by atoms with Crippen LogP contribution in [-0.2, 0) is 14.6 Å². The molecule has 1 fully saturated rings. The number of fused-ring (bicyclic) bond motifs is 1. The molecule has 0 unspecified atom stereocenters. The van der Waals surface area contributed by atoms with Crippen LogP contribution in [0.2, 0.25) is 0 Å². The molecule has 0 radical (unpaired) electrons. The second-order valence-corrected chi connectivity index (χ2v) is 8.86. The number of carbonyl (C=O) groups is 1. The van der Waals surface area contributed by atoms with Gasteiger partial charge in [0.1, 0.15) is 0 Å². The average Bonchev–Trinajstić information content (AvgIpc) is 2.62. The number of sulfone groups is 1. The standard InChI is InChI=1S/C15H20ClNO4S/c1-9-11(7-8-16)12-15(14(19)17-12,22(9,20)21)13(18)10-5-3-2-4-6-10/h3,5,10,12-13,18H,2,4,6-8H2,1H3,(H,17,19)/t10-,12+,13+,15+/m1/s1. The number of allylic oxidation sites excluding steroid dienone is 2. The highest BCUT2D eigenvalue weighted by Gasteiger charge is 2.73. The normalized spacial score (nSPS) is 37.5. The zero-order valence-corrected chi connectivity index (χ0v) is 14.0. The van der Waals surface area contributed by atoms with E-state index in [1.165, 1.54) is 6.92 Å². The number of carbonyl (C=O) groups excluding carboxylic acids is 1. The maximum absolute atomic E-state index is 12.9. The van der Waals surface area contributed by atoms with Crippen molar-refractivity contribution in [1.29, 1.82) is 0 Å². The van der Waals surface area contributed by atoms with Crippen molar-refractivity contribution in [3.8, 4) is 0 Å². The van der Waals surface area contributed by atoms with Gasteiger partial charge in [0, 0.05) is 16.7 Å². The van der Waals surface area contributed by atoms with Gasteiger partial charge < -0.3 is 10.4 Å². The van der Waals surface area contributed by atoms with Crippen LogP contribution in [0.25, 0.3) is 0 Å². The molecule has 7 heteroatoms. The molecule has 2 heterocycles. The van der Waals surface area contributed by atoms with Gasteiger partial charge in [0.15, 0.2) is 9.84 Å². The lowest BCUT2D eigenvalue weighted by Gasteiger charge is -2.48. The van der Waals surface area contributed by atoms with E-state index in [1.807, 2.05) is 12.2 Å². The molecular weight excluding hydrogens is 326 g/mol. The topological polar surface area (TPSA) is 83.5 Å². The van der Waals surface area contributed by atoms with Crippen molar-refractivity contribution >= 4 is 27.3 Å². The number of amides is 1. The van der Waals surface area contributed by atoms with E-state index >= 15 is 0 Å². The predicted octanol–water partition coefficient (Wildman–Crippen LogP) is 1.27. The first-order chi connectivity index (χ1) is 10.4. The highest BCUT2D eigenvalue weighted by atomic mass is 35.5. The first kappa shape index (κ1) is 16.0. The predicted molar refractivity (Wildman–Crippen MR) is 84.1 cm³/mol. The Kier molecular flexibility index (Phi) is 3.90. The van der Waals surface area contributed by atoms with Gasteiger partial charge in [-0.05, 0) is 38.2 Å². The number of halogens is 1. The molecule has 3 rings (SSSR count). The minimum absolute atomic E-state index is 0.190. The quantitative estimate of drug-likeness (QED) is 0.456. The first-order valence-corrected chi connectivity index (χ1v) is 9.56. The Hall–Kier alpha value is -0.850. The van der Waals surface area contributed by atoms with E-state index in [0.717, 1.165) is 12.8 Å². The van der Waals surface area contributed by atoms with Gasteiger partial charge in [-0.15, -0.1) is 11.6 Å². The summed E-state index contributed by atoms with van der Waals surface area (Å²) in [5, 5.41) is 13.5. The molecule has 0 aromatic carbocycles. The molecule has 0 aromatic heterocycles. The highest BCUT2D eigenvalue weighted by molar-refractivity contribution is 7.98. The first-order valence-electron chi connectivity index (χ1n) is 7.55. The van der Waals surface area contributed by atoms with Crippen molar-refractivity contribution in [3.63, 3.8) is 0 Å². The molecule has 0 spiro atoms. The van der Waals surface area contributed by atoms with Gasteiger partial charge in [0.2, 0.25) is 10.7 Å². The van der Waals surface area contributed by atoms with E-state index in [0.29, 0.717) is 18.4 Å². The summed E-state index contributed by atoms with van der Waals surface area (Å²) < 4.78 is 24.1. The average molecular weight is 346 g/mol. The van der Waals surface area contributed by atoms with Crippen molar-refractivity contribution in [2.24, 2.45) is 5.92 Å². The van der Waals surface area contributed by atoms with Crippen molar-refractivity contribution in [1.82, 2.24) is 5.32 Å². The van der Waals surface area contributed by atoms with Gasteiger partial charge in [0.05, 0.1) is 12.1 Å². The van der Waals surface area contributed by atoms with Crippen LogP contribution < -0.4 is 5.32 Å². The molecular formula is C15H20ClNO4S. The summed E-state index contributed by atoms with van der Waals surface area (Å²) >= 11 is 5.77. The maximum Gasteiger partial charge on any atom is 0.247 e. The number of aliphatic hydroxyl groups is 1. The minimum atomic E-state index is -3.87.